The van der Waals surface area contributed by atoms with Crippen molar-refractivity contribution in [2.75, 3.05) is 13.2 Å². The van der Waals surface area contributed by atoms with Gasteiger partial charge in [0.25, 0.3) is 0 Å². The van der Waals surface area contributed by atoms with Crippen LogP contribution in [0.1, 0.15) is 16.1 Å². The minimum absolute atomic E-state index is 0.207. The molecule has 0 atom stereocenters. The van der Waals surface area contributed by atoms with Gasteiger partial charge in [0.1, 0.15) is 18.9 Å². The van der Waals surface area contributed by atoms with Crippen molar-refractivity contribution < 1.29 is 23.9 Å². The van der Waals surface area contributed by atoms with Crippen LogP contribution in [0.15, 0.2) is 21.1 Å². The van der Waals surface area contributed by atoms with Crippen LogP contribution in [0.3, 0.4) is 0 Å². The summed E-state index contributed by atoms with van der Waals surface area (Å²) in [5, 5.41) is 12.7. The van der Waals surface area contributed by atoms with E-state index in [4.69, 9.17) is 19.1 Å². The van der Waals surface area contributed by atoms with Gasteiger partial charge in [0.2, 0.25) is 5.76 Å². The molecule has 0 fully saturated rings. The lowest BCUT2D eigenvalue weighted by Crippen LogP contribution is -2.16. The Morgan fingerprint density at radius 3 is 2.80 bits per heavy atom. The number of benzene rings is 1. The smallest absolute Gasteiger partial charge is 0.374 e. The summed E-state index contributed by atoms with van der Waals surface area (Å²) in [6.45, 7) is 2.85. The van der Waals surface area contributed by atoms with Crippen LogP contribution in [0.4, 0.5) is 0 Å². The van der Waals surface area contributed by atoms with Crippen LogP contribution in [0.25, 0.3) is 11.3 Å². The number of aromatic carboxylic acids is 1. The maximum atomic E-state index is 10.9. The Hall–Kier alpha value is -2.02. The van der Waals surface area contributed by atoms with Crippen molar-refractivity contribution in [2.45, 2.75) is 6.92 Å². The molecule has 3 rings (SSSR count). The van der Waals surface area contributed by atoms with Gasteiger partial charge < -0.3 is 19.1 Å². The molecule has 0 bridgehead atoms. The zero-order valence-corrected chi connectivity index (χ0v) is 12.1. The Morgan fingerprint density at radius 1 is 1.35 bits per heavy atom. The third kappa shape index (κ3) is 2.03. The molecule has 0 unspecified atom stereocenters. The van der Waals surface area contributed by atoms with E-state index in [0.29, 0.717) is 30.4 Å². The zero-order chi connectivity index (χ0) is 14.3. The highest BCUT2D eigenvalue weighted by atomic mass is 79.9. The first kappa shape index (κ1) is 13.0. The molecule has 1 N–H and O–H groups in total. The van der Waals surface area contributed by atoms with E-state index in [1.807, 2.05) is 6.92 Å². The van der Waals surface area contributed by atoms with E-state index >= 15 is 0 Å². The van der Waals surface area contributed by atoms with Gasteiger partial charge in [0, 0.05) is 21.7 Å². The van der Waals surface area contributed by atoms with E-state index < -0.39 is 5.97 Å². The Kier molecular flexibility index (Phi) is 3.13. The summed E-state index contributed by atoms with van der Waals surface area (Å²) in [4.78, 5) is 10.9. The third-order valence-electron chi connectivity index (χ3n) is 3.00. The standard InChI is InChI=1S/C13H10BrNO5/c1-6-11(8-5-10(13(16)17)20-15-8)7(14)4-9-12(6)19-3-2-18-9/h4-5H,2-3H2,1H3,(H,16,17). The zero-order valence-electron chi connectivity index (χ0n) is 10.5. The summed E-state index contributed by atoms with van der Waals surface area (Å²) in [7, 11) is 0. The fraction of sp³-hybridized carbons (Fsp3) is 0.231. The van der Waals surface area contributed by atoms with Crippen LogP contribution < -0.4 is 9.47 Å². The van der Waals surface area contributed by atoms with Gasteiger partial charge in [-0.3, -0.25) is 0 Å². The first-order valence-electron chi connectivity index (χ1n) is 5.87. The van der Waals surface area contributed by atoms with Gasteiger partial charge in [0.15, 0.2) is 11.5 Å². The normalized spacial score (nSPS) is 13.3. The number of rotatable bonds is 2. The second-order valence-corrected chi connectivity index (χ2v) is 5.12. The van der Waals surface area contributed by atoms with Gasteiger partial charge in [-0.1, -0.05) is 5.16 Å². The average molecular weight is 340 g/mol. The lowest BCUT2D eigenvalue weighted by atomic mass is 10.0. The van der Waals surface area contributed by atoms with Crippen molar-refractivity contribution in [2.24, 2.45) is 0 Å². The number of halogens is 1. The van der Waals surface area contributed by atoms with Gasteiger partial charge in [-0.25, -0.2) is 4.79 Å². The van der Waals surface area contributed by atoms with Crippen molar-refractivity contribution in [3.63, 3.8) is 0 Å². The van der Waals surface area contributed by atoms with E-state index in [1.165, 1.54) is 6.07 Å². The van der Waals surface area contributed by atoms with Gasteiger partial charge in [-0.15, -0.1) is 0 Å². The molecule has 1 aliphatic heterocycles. The predicted molar refractivity (Wildman–Crippen MR) is 72.3 cm³/mol. The monoisotopic (exact) mass is 339 g/mol. The van der Waals surface area contributed by atoms with Gasteiger partial charge in [0.05, 0.1) is 0 Å². The van der Waals surface area contributed by atoms with Crippen LogP contribution in [0.2, 0.25) is 0 Å². The number of nitrogens with zero attached hydrogens (tertiary/aromatic N) is 1. The van der Waals surface area contributed by atoms with Crippen molar-refractivity contribution >= 4 is 21.9 Å². The molecule has 0 saturated heterocycles. The Labute approximate surface area is 122 Å². The second-order valence-electron chi connectivity index (χ2n) is 4.26. The van der Waals surface area contributed by atoms with Crippen molar-refractivity contribution in [1.82, 2.24) is 5.16 Å². The molecule has 7 heteroatoms. The molecule has 6 nitrogen and oxygen atoms in total. The van der Waals surface area contributed by atoms with Gasteiger partial charge >= 0.3 is 5.97 Å². The number of hydrogen-bond donors (Lipinski definition) is 1. The fourth-order valence-electron chi connectivity index (χ4n) is 2.12. The molecule has 20 heavy (non-hydrogen) atoms. The SMILES string of the molecule is Cc1c2c(cc(Br)c1-c1cc(C(=O)O)on1)OCCO2. The lowest BCUT2D eigenvalue weighted by molar-refractivity contribution is 0.0652. The molecule has 0 radical (unpaired) electrons. The first-order valence-corrected chi connectivity index (χ1v) is 6.66. The van der Waals surface area contributed by atoms with Crippen LogP contribution in [-0.4, -0.2) is 29.4 Å². The maximum Gasteiger partial charge on any atom is 0.374 e. The fourth-order valence-corrected chi connectivity index (χ4v) is 2.83. The van der Waals surface area contributed by atoms with Crippen LogP contribution in [0.5, 0.6) is 11.5 Å². The van der Waals surface area contributed by atoms with Crippen LogP contribution in [-0.2, 0) is 0 Å². The quantitative estimate of drug-likeness (QED) is 0.905. The average Bonchev–Trinajstić information content (AvgIpc) is 2.88. The number of ether oxygens (including phenoxy) is 2. The minimum Gasteiger partial charge on any atom is -0.486 e. The van der Waals surface area contributed by atoms with Crippen molar-refractivity contribution in [3.05, 3.63) is 27.9 Å². The van der Waals surface area contributed by atoms with Crippen molar-refractivity contribution in [3.8, 4) is 22.8 Å². The second kappa shape index (κ2) is 4.82. The molecule has 0 spiro atoms. The van der Waals surface area contributed by atoms with Gasteiger partial charge in [-0.2, -0.15) is 0 Å². The number of carbonyl (C=O) groups is 1. The third-order valence-corrected chi connectivity index (χ3v) is 3.63. The maximum absolute atomic E-state index is 10.9. The summed E-state index contributed by atoms with van der Waals surface area (Å²) >= 11 is 3.44. The minimum atomic E-state index is -1.16. The number of hydrogen-bond acceptors (Lipinski definition) is 5. The molecular weight excluding hydrogens is 330 g/mol. The topological polar surface area (TPSA) is 81.8 Å². The molecular formula is C13H10BrNO5. The highest BCUT2D eigenvalue weighted by Crippen LogP contribution is 2.43. The molecule has 1 aliphatic rings. The molecule has 0 amide bonds. The van der Waals surface area contributed by atoms with E-state index in [9.17, 15) is 4.79 Å². The summed E-state index contributed by atoms with van der Waals surface area (Å²) in [6.07, 6.45) is 0. The first-order chi connectivity index (χ1) is 9.58. The highest BCUT2D eigenvalue weighted by Gasteiger charge is 2.23. The molecule has 0 saturated carbocycles. The van der Waals surface area contributed by atoms with E-state index in [0.717, 1.165) is 15.6 Å². The largest absolute Gasteiger partial charge is 0.486 e. The van der Waals surface area contributed by atoms with E-state index in [-0.39, 0.29) is 5.76 Å². The van der Waals surface area contributed by atoms with E-state index in [1.54, 1.807) is 6.07 Å². The van der Waals surface area contributed by atoms with Gasteiger partial charge in [-0.05, 0) is 28.9 Å². The number of fused-ring (bicyclic) bond motifs is 1. The van der Waals surface area contributed by atoms with Crippen LogP contribution >= 0.6 is 15.9 Å². The number of carboxylic acid groups (broad SMARTS) is 1. The molecule has 1 aromatic carbocycles. The highest BCUT2D eigenvalue weighted by molar-refractivity contribution is 9.10. The summed E-state index contributed by atoms with van der Waals surface area (Å²) in [6, 6.07) is 3.16. The molecule has 0 aliphatic carbocycles. The Morgan fingerprint density at radius 2 is 2.10 bits per heavy atom. The summed E-state index contributed by atoms with van der Waals surface area (Å²) in [5.74, 6) is -0.0584. The van der Waals surface area contributed by atoms with E-state index in [2.05, 4.69) is 21.1 Å². The Bertz CT molecular complexity index is 694. The molecule has 2 heterocycles. The van der Waals surface area contributed by atoms with Crippen LogP contribution in [0, 0.1) is 6.92 Å². The molecule has 104 valence electrons. The molecule has 1 aromatic heterocycles. The molecule has 2 aromatic rings. The number of carboxylic acids is 1. The number of aromatic nitrogens is 1. The summed E-state index contributed by atoms with van der Waals surface area (Å²) < 4.78 is 16.7. The van der Waals surface area contributed by atoms with Crippen molar-refractivity contribution in [1.29, 1.82) is 0 Å². The Balaban J connectivity index is 2.15. The summed E-state index contributed by atoms with van der Waals surface area (Å²) in [5.41, 5.74) is 1.98. The lowest BCUT2D eigenvalue weighted by Gasteiger charge is -2.22. The predicted octanol–water partition coefficient (Wildman–Crippen LogP) is 2.88.